The largest absolute Gasteiger partial charge is 0.459 e. The van der Waals surface area contributed by atoms with E-state index in [1.165, 1.54) is 6.92 Å². The summed E-state index contributed by atoms with van der Waals surface area (Å²) >= 11 is 0. The monoisotopic (exact) mass is 578 g/mol. The van der Waals surface area contributed by atoms with Crippen molar-refractivity contribution in [3.63, 3.8) is 0 Å². The molecule has 41 heavy (non-hydrogen) atoms. The van der Waals surface area contributed by atoms with Crippen LogP contribution >= 0.6 is 0 Å². The molecule has 0 aromatic heterocycles. The van der Waals surface area contributed by atoms with E-state index in [0.717, 1.165) is 45.6 Å². The van der Waals surface area contributed by atoms with Crippen molar-refractivity contribution in [2.75, 3.05) is 39.3 Å². The van der Waals surface area contributed by atoms with Crippen LogP contribution in [0.5, 0.6) is 0 Å². The van der Waals surface area contributed by atoms with Crippen LogP contribution in [0.4, 0.5) is 0 Å². The number of ether oxygens (including phenoxy) is 5. The van der Waals surface area contributed by atoms with Crippen LogP contribution in [0.15, 0.2) is 0 Å². The minimum absolute atomic E-state index is 0.273. The van der Waals surface area contributed by atoms with E-state index in [1.807, 2.05) is 20.8 Å². The van der Waals surface area contributed by atoms with Crippen molar-refractivity contribution in [2.24, 2.45) is 28.1 Å². The van der Waals surface area contributed by atoms with E-state index in [-0.39, 0.29) is 6.61 Å². The number of piperazine rings is 1. The molecule has 7 rings (SSSR count). The van der Waals surface area contributed by atoms with E-state index < -0.39 is 87.9 Å². The molecule has 2 aliphatic carbocycles. The predicted octanol–water partition coefficient (Wildman–Crippen LogP) is -0.270. The Kier molecular flexibility index (Phi) is 6.04. The third kappa shape index (κ3) is 2.99. The SMILES string of the molecule is C[C@@H]1C(=O)O[C@H]2[C@@H](OCCCCCN3CCNCC3)[C@@]34[C@H]5C[C@@H](C(C)(C)C)C36[C@@H](OC(=O)[C@@H]6O)O[C@@]4(C(=O)O5)[C@@]12O. The second-order valence-electron chi connectivity index (χ2n) is 14.2. The molecule has 7 aliphatic rings. The number of esters is 3. The minimum Gasteiger partial charge on any atom is -0.459 e. The molecule has 5 saturated heterocycles. The molecule has 12 nitrogen and oxygen atoms in total. The first-order valence-electron chi connectivity index (χ1n) is 15.1. The van der Waals surface area contributed by atoms with Gasteiger partial charge in [0.05, 0.1) is 16.7 Å². The van der Waals surface area contributed by atoms with Gasteiger partial charge in [0, 0.05) is 32.8 Å². The number of rotatable bonds is 7. The Morgan fingerprint density at radius 2 is 1.78 bits per heavy atom. The summed E-state index contributed by atoms with van der Waals surface area (Å²) in [5.74, 6) is -3.87. The molecular formula is C29H42N2O10. The molecule has 3 N–H and O–H groups in total. The van der Waals surface area contributed by atoms with Crippen molar-refractivity contribution in [1.29, 1.82) is 0 Å². The van der Waals surface area contributed by atoms with Crippen molar-refractivity contribution in [3.05, 3.63) is 0 Å². The Morgan fingerprint density at radius 3 is 2.49 bits per heavy atom. The van der Waals surface area contributed by atoms with Gasteiger partial charge in [-0.1, -0.05) is 20.8 Å². The van der Waals surface area contributed by atoms with E-state index in [1.54, 1.807) is 0 Å². The Morgan fingerprint density at radius 1 is 1.05 bits per heavy atom. The number of hydrogen-bond donors (Lipinski definition) is 3. The molecule has 0 bridgehead atoms. The smallest absolute Gasteiger partial charge is 0.343 e. The molecule has 1 unspecified atom stereocenters. The Labute approximate surface area is 239 Å². The van der Waals surface area contributed by atoms with Gasteiger partial charge in [0.1, 0.15) is 12.2 Å². The normalized spacial score (nSPS) is 49.9. The topological polar surface area (TPSA) is 153 Å². The molecule has 7 fully saturated rings. The Bertz CT molecular complexity index is 1150. The lowest BCUT2D eigenvalue weighted by atomic mass is 9.51. The number of aliphatic hydroxyl groups excluding tert-OH is 1. The number of aliphatic hydroxyl groups is 2. The van der Waals surface area contributed by atoms with Crippen molar-refractivity contribution in [3.8, 4) is 0 Å². The number of fused-ring (bicyclic) bond motifs is 1. The number of unbranched alkanes of at least 4 members (excludes halogenated alkanes) is 2. The molecule has 2 saturated carbocycles. The minimum atomic E-state index is -2.14. The van der Waals surface area contributed by atoms with Gasteiger partial charge in [-0.2, -0.15) is 0 Å². The lowest BCUT2D eigenvalue weighted by Gasteiger charge is -2.48. The molecule has 11 atom stereocenters. The maximum Gasteiger partial charge on any atom is 0.343 e. The first-order chi connectivity index (χ1) is 19.4. The van der Waals surface area contributed by atoms with Gasteiger partial charge >= 0.3 is 17.9 Å². The number of carbonyl (C=O) groups is 3. The summed E-state index contributed by atoms with van der Waals surface area (Å²) in [6.07, 6.45) is -3.17. The molecule has 0 radical (unpaired) electrons. The average molecular weight is 579 g/mol. The van der Waals surface area contributed by atoms with E-state index in [0.29, 0.717) is 12.8 Å². The second-order valence-corrected chi connectivity index (χ2v) is 14.2. The molecule has 12 heteroatoms. The van der Waals surface area contributed by atoms with E-state index in [4.69, 9.17) is 23.7 Å². The summed E-state index contributed by atoms with van der Waals surface area (Å²) in [5, 5.41) is 27.6. The van der Waals surface area contributed by atoms with Crippen LogP contribution in [0.1, 0.15) is 53.4 Å². The quantitative estimate of drug-likeness (QED) is 0.207. The third-order valence-electron chi connectivity index (χ3n) is 11.6. The zero-order valence-corrected chi connectivity index (χ0v) is 24.2. The molecule has 0 aromatic rings. The fourth-order valence-corrected chi connectivity index (χ4v) is 10.1. The van der Waals surface area contributed by atoms with E-state index >= 15 is 0 Å². The summed E-state index contributed by atoms with van der Waals surface area (Å²) in [6, 6.07) is 0. The van der Waals surface area contributed by atoms with Crippen molar-refractivity contribution in [1.82, 2.24) is 10.2 Å². The van der Waals surface area contributed by atoms with Crippen LogP contribution in [-0.4, -0.2) is 114 Å². The highest BCUT2D eigenvalue weighted by molar-refractivity contribution is 5.94. The van der Waals surface area contributed by atoms with Crippen molar-refractivity contribution >= 4 is 17.9 Å². The van der Waals surface area contributed by atoms with Crippen molar-refractivity contribution < 1.29 is 48.3 Å². The Hall–Kier alpha value is -1.83. The molecule has 228 valence electrons. The summed E-state index contributed by atoms with van der Waals surface area (Å²) < 4.78 is 30.5. The predicted molar refractivity (Wildman–Crippen MR) is 139 cm³/mol. The van der Waals surface area contributed by atoms with E-state index in [9.17, 15) is 24.6 Å². The summed E-state index contributed by atoms with van der Waals surface area (Å²) in [5.41, 5.74) is -7.70. The van der Waals surface area contributed by atoms with Crippen LogP contribution in [0.25, 0.3) is 0 Å². The summed E-state index contributed by atoms with van der Waals surface area (Å²) in [4.78, 5) is 42.4. The standard InChI is InChI=1S/C29H42N2O10/c1-15-21(33)39-20-19(37-13-7-5-6-10-31-11-8-30-9-12-31)27-17-14-16(25(2,3)4)26(27)18(32)22(34)40-24(26)41-29(27,23(35)38-17)28(15,20)36/h15-20,24,30,32,36H,5-14H2,1-4H3/t15-,16+,17-,18+,19-,20+,24+,26?,27+,28-,29-/m1/s1. The molecule has 5 aliphatic heterocycles. The highest BCUT2D eigenvalue weighted by atomic mass is 16.8. The zero-order valence-electron chi connectivity index (χ0n) is 24.2. The first-order valence-corrected chi connectivity index (χ1v) is 15.1. The number of carbonyl (C=O) groups excluding carboxylic acids is 3. The van der Waals surface area contributed by atoms with Gasteiger partial charge < -0.3 is 44.1 Å². The van der Waals surface area contributed by atoms with Crippen LogP contribution < -0.4 is 5.32 Å². The van der Waals surface area contributed by atoms with Gasteiger partial charge in [-0.05, 0) is 50.5 Å². The highest BCUT2D eigenvalue weighted by Gasteiger charge is 3.04. The van der Waals surface area contributed by atoms with Gasteiger partial charge in [0.15, 0.2) is 17.8 Å². The number of nitrogens with one attached hydrogen (secondary N) is 1. The molecule has 0 amide bonds. The molecule has 0 aromatic carbocycles. The van der Waals surface area contributed by atoms with Crippen LogP contribution in [0.2, 0.25) is 0 Å². The van der Waals surface area contributed by atoms with Gasteiger partial charge in [-0.25, -0.2) is 9.59 Å². The lowest BCUT2D eigenvalue weighted by molar-refractivity contribution is -0.240. The summed E-state index contributed by atoms with van der Waals surface area (Å²) in [7, 11) is 0. The first kappa shape index (κ1) is 28.0. The lowest BCUT2D eigenvalue weighted by Crippen LogP contribution is -2.67. The fraction of sp³-hybridized carbons (Fsp3) is 0.897. The van der Waals surface area contributed by atoms with Gasteiger partial charge in [0.2, 0.25) is 11.9 Å². The maximum absolute atomic E-state index is 14.0. The van der Waals surface area contributed by atoms with Crippen LogP contribution in [-0.2, 0) is 38.1 Å². The summed E-state index contributed by atoms with van der Waals surface area (Å²) in [6.45, 7) is 12.8. The third-order valence-corrected chi connectivity index (χ3v) is 11.6. The highest BCUT2D eigenvalue weighted by Crippen LogP contribution is 2.85. The molecule has 5 heterocycles. The average Bonchev–Trinajstić information content (AvgIpc) is 3.64. The molecule has 2 spiro atoms. The van der Waals surface area contributed by atoms with Crippen molar-refractivity contribution in [2.45, 2.75) is 95.3 Å². The Balaban J connectivity index is 1.27. The fourth-order valence-electron chi connectivity index (χ4n) is 10.1. The van der Waals surface area contributed by atoms with Crippen LogP contribution in [0.3, 0.4) is 0 Å². The number of hydrogen-bond acceptors (Lipinski definition) is 12. The molecular weight excluding hydrogens is 536 g/mol. The maximum atomic E-state index is 14.0. The number of nitrogens with zero attached hydrogens (tertiary/aromatic N) is 1. The van der Waals surface area contributed by atoms with E-state index in [2.05, 4.69) is 10.2 Å². The second kappa shape index (κ2) is 8.86. The van der Waals surface area contributed by atoms with Crippen LogP contribution in [0, 0.1) is 28.1 Å². The zero-order chi connectivity index (χ0) is 29.2. The van der Waals surface area contributed by atoms with Gasteiger partial charge in [0.25, 0.3) is 0 Å². The van der Waals surface area contributed by atoms with Gasteiger partial charge in [-0.3, -0.25) is 4.79 Å². The van der Waals surface area contributed by atoms with Gasteiger partial charge in [-0.15, -0.1) is 0 Å².